The van der Waals surface area contributed by atoms with Crippen molar-refractivity contribution in [3.63, 3.8) is 0 Å². The van der Waals surface area contributed by atoms with E-state index in [1.807, 2.05) is 24.4 Å². The largest absolute Gasteiger partial charge is 0.315 e. The van der Waals surface area contributed by atoms with Gasteiger partial charge in [-0.25, -0.2) is 0 Å². The fraction of sp³-hybridized carbons (Fsp3) is 0.231. The third-order valence-corrected chi connectivity index (χ3v) is 2.46. The second kappa shape index (κ2) is 4.75. The summed E-state index contributed by atoms with van der Waals surface area (Å²) in [5.74, 6) is 0. The third kappa shape index (κ3) is 2.19. The molecule has 16 heavy (non-hydrogen) atoms. The Labute approximate surface area is 94.4 Å². The first-order valence-electron chi connectivity index (χ1n) is 5.42. The lowest BCUT2D eigenvalue weighted by Gasteiger charge is -2.06. The molecular formula is C13H14N2O. The molecule has 82 valence electrons. The Kier molecular flexibility index (Phi) is 3.15. The van der Waals surface area contributed by atoms with Crippen LogP contribution in [0.3, 0.4) is 0 Å². The predicted octanol–water partition coefficient (Wildman–Crippen LogP) is 2.32. The number of pyridine rings is 2. The van der Waals surface area contributed by atoms with Gasteiger partial charge in [0.2, 0.25) is 0 Å². The van der Waals surface area contributed by atoms with Crippen molar-refractivity contribution in [3.05, 3.63) is 53.2 Å². The van der Waals surface area contributed by atoms with E-state index in [4.69, 9.17) is 0 Å². The van der Waals surface area contributed by atoms with Crippen molar-refractivity contribution in [2.45, 2.75) is 19.9 Å². The summed E-state index contributed by atoms with van der Waals surface area (Å²) in [6.45, 7) is 2.82. The van der Waals surface area contributed by atoms with Gasteiger partial charge >= 0.3 is 0 Å². The maximum Gasteiger partial charge on any atom is 0.250 e. The second-order valence-corrected chi connectivity index (χ2v) is 3.69. The quantitative estimate of drug-likeness (QED) is 0.786. The van der Waals surface area contributed by atoms with Crippen molar-refractivity contribution in [3.8, 4) is 11.1 Å². The average Bonchev–Trinajstić information content (AvgIpc) is 2.33. The van der Waals surface area contributed by atoms with E-state index in [2.05, 4.69) is 11.9 Å². The average molecular weight is 214 g/mol. The van der Waals surface area contributed by atoms with Crippen molar-refractivity contribution in [2.75, 3.05) is 0 Å². The number of aromatic nitrogens is 2. The molecule has 3 heteroatoms. The maximum atomic E-state index is 11.5. The van der Waals surface area contributed by atoms with Gasteiger partial charge in [0.1, 0.15) is 0 Å². The molecule has 0 saturated carbocycles. The van der Waals surface area contributed by atoms with E-state index in [1.165, 1.54) is 0 Å². The Morgan fingerprint density at radius 2 is 1.88 bits per heavy atom. The number of nitrogens with zero attached hydrogens (tertiary/aromatic N) is 2. The minimum absolute atomic E-state index is 0.0552. The summed E-state index contributed by atoms with van der Waals surface area (Å²) in [4.78, 5) is 15.5. The number of hydrogen-bond donors (Lipinski definition) is 0. The monoisotopic (exact) mass is 214 g/mol. The summed E-state index contributed by atoms with van der Waals surface area (Å²) in [5.41, 5.74) is 2.19. The van der Waals surface area contributed by atoms with E-state index in [9.17, 15) is 4.79 Å². The van der Waals surface area contributed by atoms with Crippen LogP contribution in [-0.2, 0) is 6.54 Å². The molecule has 0 saturated heterocycles. The van der Waals surface area contributed by atoms with Crippen LogP contribution in [-0.4, -0.2) is 9.55 Å². The van der Waals surface area contributed by atoms with Crippen LogP contribution < -0.4 is 5.56 Å². The highest BCUT2D eigenvalue weighted by Gasteiger charge is 2.00. The van der Waals surface area contributed by atoms with E-state index in [0.29, 0.717) is 0 Å². The molecule has 0 aliphatic rings. The van der Waals surface area contributed by atoms with Gasteiger partial charge in [-0.1, -0.05) is 6.92 Å². The molecule has 2 aromatic rings. The summed E-state index contributed by atoms with van der Waals surface area (Å²) in [5, 5.41) is 0. The van der Waals surface area contributed by atoms with Crippen molar-refractivity contribution in [2.24, 2.45) is 0 Å². The van der Waals surface area contributed by atoms with Crippen LogP contribution in [0.2, 0.25) is 0 Å². The predicted molar refractivity (Wildman–Crippen MR) is 64.2 cm³/mol. The van der Waals surface area contributed by atoms with Gasteiger partial charge in [0.25, 0.3) is 5.56 Å². The molecular weight excluding hydrogens is 200 g/mol. The number of hydrogen-bond acceptors (Lipinski definition) is 2. The fourth-order valence-corrected chi connectivity index (χ4v) is 1.66. The molecule has 0 N–H and O–H groups in total. The molecule has 0 aromatic carbocycles. The highest BCUT2D eigenvalue weighted by Crippen LogP contribution is 2.15. The molecule has 2 heterocycles. The van der Waals surface area contributed by atoms with Gasteiger partial charge in [0, 0.05) is 31.2 Å². The molecule has 0 aliphatic heterocycles. The van der Waals surface area contributed by atoms with Crippen LogP contribution in [0.1, 0.15) is 13.3 Å². The Morgan fingerprint density at radius 1 is 1.12 bits per heavy atom. The van der Waals surface area contributed by atoms with Crippen molar-refractivity contribution in [1.82, 2.24) is 9.55 Å². The lowest BCUT2D eigenvalue weighted by Crippen LogP contribution is -2.18. The van der Waals surface area contributed by atoms with Crippen LogP contribution in [0, 0.1) is 0 Å². The van der Waals surface area contributed by atoms with E-state index < -0.39 is 0 Å². The topological polar surface area (TPSA) is 34.9 Å². The summed E-state index contributed by atoms with van der Waals surface area (Å²) in [6.07, 6.45) is 6.37. The van der Waals surface area contributed by atoms with Crippen molar-refractivity contribution >= 4 is 0 Å². The van der Waals surface area contributed by atoms with E-state index >= 15 is 0 Å². The van der Waals surface area contributed by atoms with E-state index in [1.54, 1.807) is 23.0 Å². The molecule has 0 fully saturated rings. The highest BCUT2D eigenvalue weighted by molar-refractivity contribution is 5.61. The van der Waals surface area contributed by atoms with Gasteiger partial charge in [0.05, 0.1) is 0 Å². The molecule has 0 radical (unpaired) electrons. The molecule has 3 nitrogen and oxygen atoms in total. The smallest absolute Gasteiger partial charge is 0.250 e. The van der Waals surface area contributed by atoms with Crippen LogP contribution in [0.5, 0.6) is 0 Å². The van der Waals surface area contributed by atoms with Gasteiger partial charge in [-0.15, -0.1) is 0 Å². The molecule has 0 bridgehead atoms. The molecule has 2 rings (SSSR count). The third-order valence-electron chi connectivity index (χ3n) is 2.46. The Morgan fingerprint density at radius 3 is 2.56 bits per heavy atom. The lowest BCUT2D eigenvalue weighted by atomic mass is 10.1. The standard InChI is InChI=1S/C13H14N2O/c1-2-9-15-10-12(3-4-13(15)16)11-5-7-14-8-6-11/h3-8,10H,2,9H2,1H3. The zero-order valence-corrected chi connectivity index (χ0v) is 9.26. The van der Waals surface area contributed by atoms with Gasteiger partial charge in [-0.05, 0) is 35.7 Å². The number of rotatable bonds is 3. The van der Waals surface area contributed by atoms with Crippen LogP contribution in [0.25, 0.3) is 11.1 Å². The first-order chi connectivity index (χ1) is 7.81. The van der Waals surface area contributed by atoms with E-state index in [0.717, 1.165) is 24.1 Å². The Balaban J connectivity index is 2.44. The van der Waals surface area contributed by atoms with Gasteiger partial charge in [-0.2, -0.15) is 0 Å². The number of aryl methyl sites for hydroxylation is 1. The van der Waals surface area contributed by atoms with Crippen molar-refractivity contribution in [1.29, 1.82) is 0 Å². The first kappa shape index (κ1) is 10.6. The fourth-order valence-electron chi connectivity index (χ4n) is 1.66. The highest BCUT2D eigenvalue weighted by atomic mass is 16.1. The molecule has 0 atom stereocenters. The first-order valence-corrected chi connectivity index (χ1v) is 5.42. The maximum absolute atomic E-state index is 11.5. The Bertz CT molecular complexity index is 517. The lowest BCUT2D eigenvalue weighted by molar-refractivity contribution is 0.655. The zero-order valence-electron chi connectivity index (χ0n) is 9.26. The van der Waals surface area contributed by atoms with Gasteiger partial charge < -0.3 is 4.57 Å². The summed E-state index contributed by atoms with van der Waals surface area (Å²) in [7, 11) is 0. The van der Waals surface area contributed by atoms with E-state index in [-0.39, 0.29) is 5.56 Å². The SMILES string of the molecule is CCCn1cc(-c2ccncc2)ccc1=O. The second-order valence-electron chi connectivity index (χ2n) is 3.69. The molecule has 0 aliphatic carbocycles. The minimum atomic E-state index is 0.0552. The summed E-state index contributed by atoms with van der Waals surface area (Å²) >= 11 is 0. The Hall–Kier alpha value is -1.90. The molecule has 2 aromatic heterocycles. The zero-order chi connectivity index (χ0) is 11.4. The van der Waals surface area contributed by atoms with Crippen LogP contribution in [0.4, 0.5) is 0 Å². The minimum Gasteiger partial charge on any atom is -0.315 e. The van der Waals surface area contributed by atoms with Gasteiger partial charge in [-0.3, -0.25) is 9.78 Å². The van der Waals surface area contributed by atoms with Gasteiger partial charge in [0.15, 0.2) is 0 Å². The van der Waals surface area contributed by atoms with Crippen LogP contribution >= 0.6 is 0 Å². The van der Waals surface area contributed by atoms with Crippen LogP contribution in [0.15, 0.2) is 47.7 Å². The van der Waals surface area contributed by atoms with Crippen molar-refractivity contribution < 1.29 is 0 Å². The normalized spacial score (nSPS) is 10.3. The molecule has 0 unspecified atom stereocenters. The molecule has 0 amide bonds. The molecule has 0 spiro atoms. The summed E-state index contributed by atoms with van der Waals surface area (Å²) < 4.78 is 1.75. The summed E-state index contributed by atoms with van der Waals surface area (Å²) in [6, 6.07) is 7.35.